The van der Waals surface area contributed by atoms with Gasteiger partial charge < -0.3 is 4.42 Å². The Balaban J connectivity index is 0.000000671. The molecular weight excluding hydrogens is 167 g/mol. The first kappa shape index (κ1) is 11.7. The van der Waals surface area contributed by atoms with E-state index in [1.807, 2.05) is 13.8 Å². The molecule has 0 aliphatic carbocycles. The maximum Gasteiger partial charge on any atom is 0.127 e. The summed E-state index contributed by atoms with van der Waals surface area (Å²) in [6, 6.07) is 1.67. The highest BCUT2D eigenvalue weighted by atomic mass is 19.1. The molecule has 13 heavy (non-hydrogen) atoms. The second-order valence-electron chi connectivity index (χ2n) is 2.29. The molecule has 0 radical (unpaired) electrons. The van der Waals surface area contributed by atoms with Gasteiger partial charge in [0.15, 0.2) is 0 Å². The van der Waals surface area contributed by atoms with Crippen molar-refractivity contribution in [3.63, 3.8) is 0 Å². The minimum Gasteiger partial charge on any atom is -0.465 e. The topological polar surface area (TPSA) is 13.1 Å². The van der Waals surface area contributed by atoms with Crippen LogP contribution in [0.2, 0.25) is 0 Å². The molecule has 0 aromatic carbocycles. The Labute approximate surface area is 77.9 Å². The van der Waals surface area contributed by atoms with E-state index in [0.29, 0.717) is 16.2 Å². The summed E-state index contributed by atoms with van der Waals surface area (Å²) >= 11 is 0. The average Bonchev–Trinajstić information content (AvgIpc) is 2.53. The third kappa shape index (κ3) is 2.90. The van der Waals surface area contributed by atoms with Crippen molar-refractivity contribution in [1.29, 1.82) is 0 Å². The van der Waals surface area contributed by atoms with Crippen LogP contribution in [0.25, 0.3) is 12.2 Å². The van der Waals surface area contributed by atoms with Gasteiger partial charge in [-0.1, -0.05) is 27.0 Å². The molecule has 0 aliphatic heterocycles. The molecule has 0 atom stereocenters. The highest BCUT2D eigenvalue weighted by Crippen LogP contribution is 2.04. The van der Waals surface area contributed by atoms with Gasteiger partial charge in [-0.25, -0.2) is 4.39 Å². The van der Waals surface area contributed by atoms with Crippen molar-refractivity contribution < 1.29 is 8.81 Å². The Morgan fingerprint density at radius 1 is 1.46 bits per heavy atom. The molecule has 0 fully saturated rings. The van der Waals surface area contributed by atoms with Gasteiger partial charge in [-0.2, -0.15) is 0 Å². The maximum absolute atomic E-state index is 12.5. The number of furan rings is 1. The molecule has 2 heteroatoms. The standard InChI is InChI=1S/C9H9FO.C2H6/c1-6(7(2)10)9-4-5-11-8(9)3;1-2/h4-5H,2-3H2,1H3;1-2H3/b9-6-;. The summed E-state index contributed by atoms with van der Waals surface area (Å²) in [5.41, 5.74) is 0.949. The van der Waals surface area contributed by atoms with Crippen molar-refractivity contribution in [3.05, 3.63) is 35.4 Å². The molecule has 1 aromatic rings. The molecule has 1 nitrogen and oxygen atoms in total. The van der Waals surface area contributed by atoms with Crippen molar-refractivity contribution in [3.8, 4) is 0 Å². The van der Waals surface area contributed by atoms with E-state index >= 15 is 0 Å². The molecule has 1 aromatic heterocycles. The van der Waals surface area contributed by atoms with Gasteiger partial charge in [0.1, 0.15) is 11.2 Å². The van der Waals surface area contributed by atoms with Gasteiger partial charge in [0, 0.05) is 5.22 Å². The third-order valence-electron chi connectivity index (χ3n) is 1.56. The third-order valence-corrected chi connectivity index (χ3v) is 1.56. The second-order valence-corrected chi connectivity index (χ2v) is 2.29. The zero-order valence-electron chi connectivity index (χ0n) is 8.36. The van der Waals surface area contributed by atoms with E-state index in [1.54, 1.807) is 13.0 Å². The summed E-state index contributed by atoms with van der Waals surface area (Å²) in [7, 11) is 0. The van der Waals surface area contributed by atoms with Crippen LogP contribution in [0.3, 0.4) is 0 Å². The first-order valence-corrected chi connectivity index (χ1v) is 4.21. The zero-order valence-corrected chi connectivity index (χ0v) is 8.36. The molecule has 0 saturated heterocycles. The molecule has 72 valence electrons. The molecule has 0 bridgehead atoms. The van der Waals surface area contributed by atoms with E-state index in [4.69, 9.17) is 4.42 Å². The summed E-state index contributed by atoms with van der Waals surface area (Å²) in [4.78, 5) is 0. The average molecular weight is 182 g/mol. The Morgan fingerprint density at radius 3 is 2.31 bits per heavy atom. The predicted molar refractivity (Wildman–Crippen MR) is 54.2 cm³/mol. The van der Waals surface area contributed by atoms with Crippen LogP contribution in [-0.2, 0) is 0 Å². The Hall–Kier alpha value is -1.31. The van der Waals surface area contributed by atoms with Crippen molar-refractivity contribution in [2.45, 2.75) is 20.8 Å². The minimum absolute atomic E-state index is 0.448. The first-order valence-electron chi connectivity index (χ1n) is 4.21. The van der Waals surface area contributed by atoms with Gasteiger partial charge in [-0.3, -0.25) is 0 Å². The Morgan fingerprint density at radius 2 is 2.00 bits per heavy atom. The van der Waals surface area contributed by atoms with Crippen LogP contribution in [0.4, 0.5) is 4.39 Å². The van der Waals surface area contributed by atoms with Crippen LogP contribution in [0.1, 0.15) is 20.8 Å². The molecule has 0 saturated carbocycles. The summed E-state index contributed by atoms with van der Waals surface area (Å²) in [5.74, 6) is -0.448. The van der Waals surface area contributed by atoms with Gasteiger partial charge in [0.25, 0.3) is 0 Å². The Kier molecular flexibility index (Phi) is 4.82. The molecule has 0 spiro atoms. The van der Waals surface area contributed by atoms with E-state index in [0.717, 1.165) is 0 Å². The molecule has 0 amide bonds. The highest BCUT2D eigenvalue weighted by Gasteiger charge is 1.96. The van der Waals surface area contributed by atoms with E-state index in [1.165, 1.54) is 6.26 Å². The summed E-state index contributed by atoms with van der Waals surface area (Å²) in [6.45, 7) is 12.4. The fourth-order valence-electron chi connectivity index (χ4n) is 0.821. The van der Waals surface area contributed by atoms with Crippen LogP contribution in [0, 0.1) is 0 Å². The normalized spacial score (nSPS) is 11.4. The summed E-state index contributed by atoms with van der Waals surface area (Å²) in [6.07, 6.45) is 1.48. The lowest BCUT2D eigenvalue weighted by molar-refractivity contribution is 0.532. The number of hydrogen-bond donors (Lipinski definition) is 0. The highest BCUT2D eigenvalue weighted by molar-refractivity contribution is 5.56. The van der Waals surface area contributed by atoms with E-state index in [2.05, 4.69) is 13.2 Å². The van der Waals surface area contributed by atoms with Crippen LogP contribution in [0.15, 0.2) is 29.2 Å². The lowest BCUT2D eigenvalue weighted by Crippen LogP contribution is -2.19. The quantitative estimate of drug-likeness (QED) is 0.650. The minimum atomic E-state index is -0.448. The zero-order chi connectivity index (χ0) is 10.4. The monoisotopic (exact) mass is 182 g/mol. The largest absolute Gasteiger partial charge is 0.465 e. The van der Waals surface area contributed by atoms with Crippen molar-refractivity contribution in [1.82, 2.24) is 0 Å². The number of halogens is 1. The smallest absolute Gasteiger partial charge is 0.127 e. The van der Waals surface area contributed by atoms with Gasteiger partial charge in [0.05, 0.1) is 6.26 Å². The van der Waals surface area contributed by atoms with Crippen molar-refractivity contribution in [2.75, 3.05) is 0 Å². The maximum atomic E-state index is 12.5. The predicted octanol–water partition coefficient (Wildman–Crippen LogP) is 2.37. The van der Waals surface area contributed by atoms with Gasteiger partial charge in [-0.05, 0) is 18.6 Å². The lowest BCUT2D eigenvalue weighted by atomic mass is 10.2. The fourth-order valence-corrected chi connectivity index (χ4v) is 0.821. The number of allylic oxidation sites excluding steroid dienone is 1. The summed E-state index contributed by atoms with van der Waals surface area (Å²) < 4.78 is 17.4. The Bertz CT molecular complexity index is 373. The second kappa shape index (κ2) is 5.36. The van der Waals surface area contributed by atoms with E-state index < -0.39 is 5.83 Å². The van der Waals surface area contributed by atoms with Crippen molar-refractivity contribution in [2.24, 2.45) is 0 Å². The molecule has 1 rings (SSSR count). The van der Waals surface area contributed by atoms with E-state index in [-0.39, 0.29) is 0 Å². The molecule has 1 heterocycles. The first-order chi connectivity index (χ1) is 6.13. The van der Waals surface area contributed by atoms with Gasteiger partial charge >= 0.3 is 0 Å². The van der Waals surface area contributed by atoms with E-state index in [9.17, 15) is 4.39 Å². The molecular formula is C11H15FO. The van der Waals surface area contributed by atoms with Crippen LogP contribution < -0.4 is 10.6 Å². The summed E-state index contributed by atoms with van der Waals surface area (Å²) in [5, 5.41) is 0.678. The fraction of sp³-hybridized carbons (Fsp3) is 0.273. The SMILES string of the molecule is C=C(F)/C(C)=c1/ccoc1=C.CC. The van der Waals surface area contributed by atoms with Crippen LogP contribution >= 0.6 is 0 Å². The van der Waals surface area contributed by atoms with Crippen molar-refractivity contribution >= 4 is 12.2 Å². The van der Waals surface area contributed by atoms with Crippen LogP contribution in [-0.4, -0.2) is 0 Å². The number of hydrogen-bond acceptors (Lipinski definition) is 1. The molecule has 0 N–H and O–H groups in total. The molecule has 0 aliphatic rings. The van der Waals surface area contributed by atoms with Gasteiger partial charge in [0.2, 0.25) is 0 Å². The van der Waals surface area contributed by atoms with Gasteiger partial charge in [-0.15, -0.1) is 0 Å². The van der Waals surface area contributed by atoms with Crippen LogP contribution in [0.5, 0.6) is 0 Å². The lowest BCUT2D eigenvalue weighted by Gasteiger charge is -1.89. The number of rotatable bonds is 1. The molecule has 0 unspecified atom stereocenters.